The van der Waals surface area contributed by atoms with Crippen LogP contribution < -0.4 is 5.32 Å². The van der Waals surface area contributed by atoms with Gasteiger partial charge >= 0.3 is 0 Å². The van der Waals surface area contributed by atoms with E-state index in [9.17, 15) is 4.79 Å². The molecule has 2 aromatic heterocycles. The average Bonchev–Trinajstić information content (AvgIpc) is 3.07. The van der Waals surface area contributed by atoms with Crippen molar-refractivity contribution in [1.29, 1.82) is 0 Å². The third-order valence-corrected chi connectivity index (χ3v) is 4.09. The van der Waals surface area contributed by atoms with Crippen molar-refractivity contribution in [3.63, 3.8) is 0 Å². The summed E-state index contributed by atoms with van der Waals surface area (Å²) in [5.41, 5.74) is 1.71. The standard InChI is InChI=1S/C14H13NO2S2/c1-10(11-4-6-18-8-11)15-14(17)12-7-13(19-9-12)3-2-5-16/h4,6-10,16H,5H2,1H3,(H,15,17). The fourth-order valence-corrected chi connectivity index (χ4v) is 3.04. The van der Waals surface area contributed by atoms with Crippen LogP contribution in [0.25, 0.3) is 0 Å². The fourth-order valence-electron chi connectivity index (χ4n) is 1.53. The lowest BCUT2D eigenvalue weighted by Crippen LogP contribution is -2.25. The maximum absolute atomic E-state index is 12.0. The van der Waals surface area contributed by atoms with Crippen molar-refractivity contribution >= 4 is 28.6 Å². The molecule has 2 aromatic rings. The summed E-state index contributed by atoms with van der Waals surface area (Å²) in [4.78, 5) is 12.8. The lowest BCUT2D eigenvalue weighted by atomic mass is 10.1. The number of aliphatic hydroxyl groups is 1. The van der Waals surface area contributed by atoms with Crippen LogP contribution in [0.5, 0.6) is 0 Å². The summed E-state index contributed by atoms with van der Waals surface area (Å²) in [7, 11) is 0. The van der Waals surface area contributed by atoms with Crippen LogP contribution in [0, 0.1) is 11.8 Å². The number of nitrogens with one attached hydrogen (secondary N) is 1. The second-order valence-electron chi connectivity index (χ2n) is 3.91. The fraction of sp³-hybridized carbons (Fsp3) is 0.214. The predicted octanol–water partition coefficient (Wildman–Crippen LogP) is 2.64. The Labute approximate surface area is 119 Å². The van der Waals surface area contributed by atoms with Crippen molar-refractivity contribution in [2.45, 2.75) is 13.0 Å². The van der Waals surface area contributed by atoms with Crippen LogP contribution in [-0.4, -0.2) is 17.6 Å². The number of carbonyl (C=O) groups is 1. The maximum Gasteiger partial charge on any atom is 0.252 e. The van der Waals surface area contributed by atoms with E-state index in [1.807, 2.05) is 23.8 Å². The molecule has 0 fully saturated rings. The molecule has 0 bridgehead atoms. The van der Waals surface area contributed by atoms with E-state index in [-0.39, 0.29) is 18.6 Å². The Morgan fingerprint density at radius 2 is 2.37 bits per heavy atom. The van der Waals surface area contributed by atoms with E-state index < -0.39 is 0 Å². The Kier molecular flexibility index (Phi) is 4.74. The highest BCUT2D eigenvalue weighted by Gasteiger charge is 2.12. The van der Waals surface area contributed by atoms with Crippen LogP contribution in [0.15, 0.2) is 28.3 Å². The van der Waals surface area contributed by atoms with Crippen LogP contribution in [0.3, 0.4) is 0 Å². The van der Waals surface area contributed by atoms with Gasteiger partial charge in [-0.2, -0.15) is 11.3 Å². The molecule has 0 aliphatic carbocycles. The number of thiophene rings is 2. The van der Waals surface area contributed by atoms with Crippen molar-refractivity contribution in [2.24, 2.45) is 0 Å². The average molecular weight is 291 g/mol. The molecule has 0 aliphatic rings. The van der Waals surface area contributed by atoms with Gasteiger partial charge in [0.05, 0.1) is 16.5 Å². The summed E-state index contributed by atoms with van der Waals surface area (Å²) < 4.78 is 0. The SMILES string of the molecule is CC(NC(=O)c1csc(C#CCO)c1)c1ccsc1. The third kappa shape index (κ3) is 3.67. The molecule has 3 nitrogen and oxygen atoms in total. The van der Waals surface area contributed by atoms with Crippen molar-refractivity contribution in [2.75, 3.05) is 6.61 Å². The van der Waals surface area contributed by atoms with Gasteiger partial charge in [-0.05, 0) is 35.4 Å². The molecule has 1 unspecified atom stereocenters. The highest BCUT2D eigenvalue weighted by Crippen LogP contribution is 2.18. The Morgan fingerprint density at radius 1 is 1.53 bits per heavy atom. The quantitative estimate of drug-likeness (QED) is 0.854. The normalized spacial score (nSPS) is 11.5. The van der Waals surface area contributed by atoms with Gasteiger partial charge in [0, 0.05) is 5.38 Å². The Balaban J connectivity index is 2.02. The van der Waals surface area contributed by atoms with Gasteiger partial charge in [-0.3, -0.25) is 4.79 Å². The van der Waals surface area contributed by atoms with Crippen LogP contribution in [0.4, 0.5) is 0 Å². The molecule has 1 atom stereocenters. The molecule has 5 heteroatoms. The van der Waals surface area contributed by atoms with Crippen molar-refractivity contribution in [3.8, 4) is 11.8 Å². The first-order chi connectivity index (χ1) is 9.20. The van der Waals surface area contributed by atoms with Crippen LogP contribution in [0.1, 0.15) is 33.8 Å². The molecule has 0 spiro atoms. The first-order valence-corrected chi connectivity index (χ1v) is 7.54. The largest absolute Gasteiger partial charge is 0.384 e. The van der Waals surface area contributed by atoms with E-state index in [0.29, 0.717) is 5.56 Å². The van der Waals surface area contributed by atoms with Crippen molar-refractivity contribution in [1.82, 2.24) is 5.32 Å². The number of hydrogen-bond acceptors (Lipinski definition) is 4. The van der Waals surface area contributed by atoms with Crippen LogP contribution in [0.2, 0.25) is 0 Å². The molecule has 0 saturated carbocycles. The minimum Gasteiger partial charge on any atom is -0.384 e. The molecule has 98 valence electrons. The molecule has 0 saturated heterocycles. The Bertz CT molecular complexity index is 605. The summed E-state index contributed by atoms with van der Waals surface area (Å²) in [6.45, 7) is 1.79. The van der Waals surface area contributed by atoms with E-state index >= 15 is 0 Å². The van der Waals surface area contributed by atoms with E-state index in [2.05, 4.69) is 17.2 Å². The zero-order valence-electron chi connectivity index (χ0n) is 10.3. The molecule has 1 amide bonds. The van der Waals surface area contributed by atoms with Gasteiger partial charge in [-0.15, -0.1) is 11.3 Å². The molecular weight excluding hydrogens is 278 g/mol. The minimum absolute atomic E-state index is 0.00868. The van der Waals surface area contributed by atoms with Gasteiger partial charge in [0.15, 0.2) is 0 Å². The highest BCUT2D eigenvalue weighted by molar-refractivity contribution is 7.10. The number of hydrogen-bond donors (Lipinski definition) is 2. The molecule has 19 heavy (non-hydrogen) atoms. The zero-order valence-corrected chi connectivity index (χ0v) is 12.0. The maximum atomic E-state index is 12.0. The topological polar surface area (TPSA) is 49.3 Å². The number of amides is 1. The predicted molar refractivity (Wildman–Crippen MR) is 78.5 cm³/mol. The number of rotatable bonds is 3. The lowest BCUT2D eigenvalue weighted by Gasteiger charge is -2.11. The second kappa shape index (κ2) is 6.53. The van der Waals surface area contributed by atoms with Gasteiger partial charge < -0.3 is 10.4 Å². The number of carbonyl (C=O) groups excluding carboxylic acids is 1. The molecular formula is C14H13NO2S2. The van der Waals surface area contributed by atoms with Gasteiger partial charge in [-0.25, -0.2) is 0 Å². The molecule has 0 aliphatic heterocycles. The van der Waals surface area contributed by atoms with Crippen molar-refractivity contribution in [3.05, 3.63) is 44.3 Å². The minimum atomic E-state index is -0.172. The van der Waals surface area contributed by atoms with Gasteiger partial charge in [0.2, 0.25) is 0 Å². The summed E-state index contributed by atoms with van der Waals surface area (Å²) in [6.07, 6.45) is 0. The highest BCUT2D eigenvalue weighted by atomic mass is 32.1. The van der Waals surface area contributed by atoms with Crippen LogP contribution in [-0.2, 0) is 0 Å². The molecule has 2 N–H and O–H groups in total. The molecule has 2 rings (SSSR count). The first kappa shape index (κ1) is 13.8. The second-order valence-corrected chi connectivity index (χ2v) is 5.60. The van der Waals surface area contributed by atoms with E-state index in [1.165, 1.54) is 11.3 Å². The van der Waals surface area contributed by atoms with Crippen molar-refractivity contribution < 1.29 is 9.90 Å². The van der Waals surface area contributed by atoms with E-state index in [1.54, 1.807) is 22.8 Å². The lowest BCUT2D eigenvalue weighted by molar-refractivity contribution is 0.0940. The molecule has 0 aromatic carbocycles. The number of aliphatic hydroxyl groups excluding tert-OH is 1. The molecule has 2 heterocycles. The van der Waals surface area contributed by atoms with E-state index in [4.69, 9.17) is 5.11 Å². The van der Waals surface area contributed by atoms with Crippen LogP contribution >= 0.6 is 22.7 Å². The van der Waals surface area contributed by atoms with Gasteiger partial charge in [0.25, 0.3) is 5.91 Å². The molecule has 0 radical (unpaired) electrons. The summed E-state index contributed by atoms with van der Waals surface area (Å²) in [5.74, 6) is 5.25. The first-order valence-electron chi connectivity index (χ1n) is 5.72. The summed E-state index contributed by atoms with van der Waals surface area (Å²) in [6, 6.07) is 3.73. The van der Waals surface area contributed by atoms with E-state index in [0.717, 1.165) is 10.4 Å². The zero-order chi connectivity index (χ0) is 13.7. The summed E-state index contributed by atoms with van der Waals surface area (Å²) in [5, 5.41) is 17.4. The Hall–Kier alpha value is -1.61. The smallest absolute Gasteiger partial charge is 0.252 e. The Morgan fingerprint density at radius 3 is 3.05 bits per heavy atom. The van der Waals surface area contributed by atoms with Gasteiger partial charge in [0.1, 0.15) is 6.61 Å². The monoisotopic (exact) mass is 291 g/mol. The third-order valence-electron chi connectivity index (χ3n) is 2.54. The van der Waals surface area contributed by atoms with Gasteiger partial charge in [-0.1, -0.05) is 11.8 Å². The summed E-state index contributed by atoms with van der Waals surface area (Å²) >= 11 is 3.01.